The van der Waals surface area contributed by atoms with Crippen molar-refractivity contribution in [2.45, 2.75) is 26.4 Å². The second-order valence-corrected chi connectivity index (χ2v) is 7.84. The van der Waals surface area contributed by atoms with Gasteiger partial charge in [0.25, 0.3) is 5.91 Å². The maximum Gasteiger partial charge on any atom is 0.356 e. The van der Waals surface area contributed by atoms with Crippen LogP contribution in [0.5, 0.6) is 0 Å². The van der Waals surface area contributed by atoms with E-state index in [0.29, 0.717) is 12.1 Å². The number of ether oxygens (including phenoxy) is 1. The summed E-state index contributed by atoms with van der Waals surface area (Å²) in [6.45, 7) is 4.64. The molecule has 1 N–H and O–H groups in total. The second kappa shape index (κ2) is 9.06. The lowest BCUT2D eigenvalue weighted by molar-refractivity contribution is 0.0593. The predicted molar refractivity (Wildman–Crippen MR) is 124 cm³/mol. The molecular weight excluding hydrogens is 402 g/mol. The van der Waals surface area contributed by atoms with Crippen LogP contribution in [0.3, 0.4) is 0 Å². The Morgan fingerprint density at radius 2 is 1.84 bits per heavy atom. The number of carbonyl (C=O) groups excluding carboxylic acids is 2. The highest BCUT2D eigenvalue weighted by molar-refractivity contribution is 6.06. The number of carbonyl (C=O) groups is 2. The molecule has 1 atom stereocenters. The van der Waals surface area contributed by atoms with Crippen molar-refractivity contribution in [3.05, 3.63) is 101 Å². The highest BCUT2D eigenvalue weighted by Gasteiger charge is 2.17. The van der Waals surface area contributed by atoms with Crippen molar-refractivity contribution in [3.8, 4) is 0 Å². The summed E-state index contributed by atoms with van der Waals surface area (Å²) in [7, 11) is 1.32. The van der Waals surface area contributed by atoms with E-state index in [2.05, 4.69) is 50.8 Å². The topological polar surface area (TPSA) is 73.2 Å². The van der Waals surface area contributed by atoms with Crippen molar-refractivity contribution in [1.29, 1.82) is 0 Å². The molecule has 0 aliphatic heterocycles. The van der Waals surface area contributed by atoms with Crippen LogP contribution in [0.2, 0.25) is 0 Å². The zero-order valence-electron chi connectivity index (χ0n) is 18.3. The lowest BCUT2D eigenvalue weighted by atomic mass is 10.1. The van der Waals surface area contributed by atoms with Gasteiger partial charge >= 0.3 is 5.97 Å². The fourth-order valence-electron chi connectivity index (χ4n) is 3.71. The molecule has 32 heavy (non-hydrogen) atoms. The van der Waals surface area contributed by atoms with Crippen molar-refractivity contribution in [1.82, 2.24) is 14.9 Å². The largest absolute Gasteiger partial charge is 0.464 e. The Kier molecular flexibility index (Phi) is 6.03. The molecule has 6 heteroatoms. The van der Waals surface area contributed by atoms with Crippen molar-refractivity contribution in [3.63, 3.8) is 0 Å². The maximum absolute atomic E-state index is 13.2. The number of aryl methyl sites for hydroxylation is 1. The van der Waals surface area contributed by atoms with E-state index in [1.807, 2.05) is 37.4 Å². The molecule has 0 bridgehead atoms. The molecule has 2 aromatic carbocycles. The molecule has 2 aromatic heterocycles. The number of aromatic nitrogens is 2. The van der Waals surface area contributed by atoms with Crippen LogP contribution in [0, 0.1) is 6.92 Å². The lowest BCUT2D eigenvalue weighted by Crippen LogP contribution is -2.27. The van der Waals surface area contributed by atoms with Gasteiger partial charge in [-0.3, -0.25) is 4.79 Å². The third kappa shape index (κ3) is 4.39. The summed E-state index contributed by atoms with van der Waals surface area (Å²) in [5, 5.41) is 4.06. The van der Waals surface area contributed by atoms with Gasteiger partial charge in [-0.25, -0.2) is 9.78 Å². The van der Waals surface area contributed by atoms with Gasteiger partial charge in [-0.1, -0.05) is 48.0 Å². The molecule has 0 saturated heterocycles. The second-order valence-electron chi connectivity index (χ2n) is 7.84. The Hall–Kier alpha value is -3.93. The van der Waals surface area contributed by atoms with E-state index in [4.69, 9.17) is 0 Å². The number of fused-ring (bicyclic) bond motifs is 1. The van der Waals surface area contributed by atoms with E-state index < -0.39 is 5.97 Å². The summed E-state index contributed by atoms with van der Waals surface area (Å²) in [6.07, 6.45) is 3.60. The highest BCUT2D eigenvalue weighted by atomic mass is 16.5. The van der Waals surface area contributed by atoms with E-state index in [1.165, 1.54) is 18.2 Å². The van der Waals surface area contributed by atoms with Crippen LogP contribution < -0.4 is 5.32 Å². The number of nitrogens with one attached hydrogen (secondary N) is 1. The smallest absolute Gasteiger partial charge is 0.356 e. The van der Waals surface area contributed by atoms with Crippen LogP contribution in [-0.4, -0.2) is 28.5 Å². The van der Waals surface area contributed by atoms with E-state index in [-0.39, 0.29) is 17.6 Å². The summed E-state index contributed by atoms with van der Waals surface area (Å²) in [6, 6.07) is 19.3. The average Bonchev–Trinajstić information content (AvgIpc) is 3.23. The summed E-state index contributed by atoms with van der Waals surface area (Å²) in [5.41, 5.74) is 4.94. The number of hydrogen-bond donors (Lipinski definition) is 1. The minimum Gasteiger partial charge on any atom is -0.464 e. The molecule has 0 saturated carbocycles. The standard InChI is InChI=1S/C26H25N3O3/c1-17-7-9-19(10-8-17)16-29-14-13-20-5-4-6-22(24(20)29)25(30)28-18(2)21-11-12-23(27-15-21)26(31)32-3/h4-15,18H,16H2,1-3H3,(H,28,30). The maximum atomic E-state index is 13.2. The van der Waals surface area contributed by atoms with Gasteiger partial charge in [-0.15, -0.1) is 0 Å². The minimum absolute atomic E-state index is 0.163. The van der Waals surface area contributed by atoms with Crippen LogP contribution in [0.15, 0.2) is 73.1 Å². The highest BCUT2D eigenvalue weighted by Crippen LogP contribution is 2.23. The zero-order chi connectivity index (χ0) is 22.7. The van der Waals surface area contributed by atoms with Crippen LogP contribution in [0.25, 0.3) is 10.9 Å². The van der Waals surface area contributed by atoms with Crippen molar-refractivity contribution in [2.75, 3.05) is 7.11 Å². The van der Waals surface area contributed by atoms with Gasteiger partial charge in [-0.05, 0) is 43.2 Å². The van der Waals surface area contributed by atoms with Crippen LogP contribution >= 0.6 is 0 Å². The van der Waals surface area contributed by atoms with Crippen molar-refractivity contribution in [2.24, 2.45) is 0 Å². The van der Waals surface area contributed by atoms with Gasteiger partial charge in [-0.2, -0.15) is 0 Å². The Morgan fingerprint density at radius 1 is 1.06 bits per heavy atom. The Labute approximate surface area is 186 Å². The summed E-state index contributed by atoms with van der Waals surface area (Å²) < 4.78 is 6.78. The molecule has 0 fully saturated rings. The number of para-hydroxylation sites is 1. The third-order valence-electron chi connectivity index (χ3n) is 5.54. The van der Waals surface area contributed by atoms with Gasteiger partial charge < -0.3 is 14.6 Å². The Bertz CT molecular complexity index is 1260. The van der Waals surface area contributed by atoms with Crippen LogP contribution in [0.4, 0.5) is 0 Å². The van der Waals surface area contributed by atoms with Crippen molar-refractivity contribution >= 4 is 22.8 Å². The van der Waals surface area contributed by atoms with E-state index in [0.717, 1.165) is 16.5 Å². The monoisotopic (exact) mass is 427 g/mol. The quantitative estimate of drug-likeness (QED) is 0.454. The molecule has 6 nitrogen and oxygen atoms in total. The zero-order valence-corrected chi connectivity index (χ0v) is 18.3. The molecule has 0 spiro atoms. The van der Waals surface area contributed by atoms with Gasteiger partial charge in [0.1, 0.15) is 5.69 Å². The number of amides is 1. The van der Waals surface area contributed by atoms with E-state index in [1.54, 1.807) is 18.3 Å². The van der Waals surface area contributed by atoms with Gasteiger partial charge in [0.15, 0.2) is 0 Å². The first kappa shape index (κ1) is 21.3. The van der Waals surface area contributed by atoms with Crippen LogP contribution in [0.1, 0.15) is 50.5 Å². The fourth-order valence-corrected chi connectivity index (χ4v) is 3.71. The number of esters is 1. The summed E-state index contributed by atoms with van der Waals surface area (Å²) >= 11 is 0. The molecule has 162 valence electrons. The first-order valence-electron chi connectivity index (χ1n) is 10.4. The first-order chi connectivity index (χ1) is 15.5. The van der Waals surface area contributed by atoms with Gasteiger partial charge in [0.05, 0.1) is 24.2 Å². The van der Waals surface area contributed by atoms with Gasteiger partial charge in [0, 0.05) is 24.3 Å². The molecule has 4 aromatic rings. The molecule has 0 radical (unpaired) electrons. The molecule has 0 aliphatic rings. The molecule has 2 heterocycles. The summed E-state index contributed by atoms with van der Waals surface area (Å²) in [5.74, 6) is -0.654. The molecule has 1 unspecified atom stereocenters. The first-order valence-corrected chi connectivity index (χ1v) is 10.4. The average molecular weight is 428 g/mol. The number of hydrogen-bond acceptors (Lipinski definition) is 4. The minimum atomic E-state index is -0.491. The predicted octanol–water partition coefficient (Wildman–Crippen LogP) is 4.67. The summed E-state index contributed by atoms with van der Waals surface area (Å²) in [4.78, 5) is 28.9. The normalized spacial score (nSPS) is 11.8. The van der Waals surface area contributed by atoms with E-state index in [9.17, 15) is 9.59 Å². The number of pyridine rings is 1. The van der Waals surface area contributed by atoms with Crippen LogP contribution in [-0.2, 0) is 11.3 Å². The number of benzene rings is 2. The van der Waals surface area contributed by atoms with E-state index >= 15 is 0 Å². The molecular formula is C26H25N3O3. The fraction of sp³-hybridized carbons (Fsp3) is 0.192. The molecule has 1 amide bonds. The number of rotatable bonds is 6. The molecule has 0 aliphatic carbocycles. The Morgan fingerprint density at radius 3 is 2.53 bits per heavy atom. The lowest BCUT2D eigenvalue weighted by Gasteiger charge is -2.16. The molecule has 4 rings (SSSR count). The number of nitrogens with zero attached hydrogens (tertiary/aromatic N) is 2. The van der Waals surface area contributed by atoms with Crippen molar-refractivity contribution < 1.29 is 14.3 Å². The number of methoxy groups -OCH3 is 1. The third-order valence-corrected chi connectivity index (χ3v) is 5.54. The van der Waals surface area contributed by atoms with Gasteiger partial charge in [0.2, 0.25) is 0 Å². The Balaban J connectivity index is 1.57. The SMILES string of the molecule is COC(=O)c1ccc(C(C)NC(=O)c2cccc3ccn(Cc4ccc(C)cc4)c23)cn1.